The molecule has 3 rings (SSSR count). The van der Waals surface area contributed by atoms with Crippen LogP contribution in [0.3, 0.4) is 0 Å². The van der Waals surface area contributed by atoms with E-state index in [4.69, 9.17) is 0 Å². The predicted molar refractivity (Wildman–Crippen MR) is 79.4 cm³/mol. The molecule has 5 nitrogen and oxygen atoms in total. The summed E-state index contributed by atoms with van der Waals surface area (Å²) in [6.45, 7) is 2.89. The van der Waals surface area contributed by atoms with Crippen molar-refractivity contribution in [3.63, 3.8) is 0 Å². The van der Waals surface area contributed by atoms with Gasteiger partial charge in [-0.05, 0) is 12.0 Å². The van der Waals surface area contributed by atoms with E-state index in [0.29, 0.717) is 12.5 Å². The van der Waals surface area contributed by atoms with Crippen LogP contribution in [0.25, 0.3) is 0 Å². The average Bonchev–Trinajstić information content (AvgIpc) is 3.01. The van der Waals surface area contributed by atoms with Gasteiger partial charge < -0.3 is 5.32 Å². The predicted octanol–water partition coefficient (Wildman–Crippen LogP) is 0.608. The number of nitrogens with one attached hydrogen (secondary N) is 1. The molecule has 5 heteroatoms. The number of carbonyl (C=O) groups excluding carboxylic acids is 2. The van der Waals surface area contributed by atoms with Crippen molar-refractivity contribution in [2.45, 2.75) is 31.5 Å². The van der Waals surface area contributed by atoms with Gasteiger partial charge in [0.05, 0.1) is 12.5 Å². The lowest BCUT2D eigenvalue weighted by atomic mass is 10.2. The van der Waals surface area contributed by atoms with Crippen molar-refractivity contribution in [3.05, 3.63) is 35.9 Å². The first-order chi connectivity index (χ1) is 10.1. The molecule has 2 unspecified atom stereocenters. The van der Waals surface area contributed by atoms with E-state index in [2.05, 4.69) is 34.5 Å². The Labute approximate surface area is 124 Å². The Kier molecular flexibility index (Phi) is 4.03. The Morgan fingerprint density at radius 3 is 2.67 bits per heavy atom. The molecule has 2 aliphatic rings. The van der Waals surface area contributed by atoms with Crippen LogP contribution in [-0.4, -0.2) is 53.8 Å². The summed E-state index contributed by atoms with van der Waals surface area (Å²) in [5.74, 6) is -0.182. The summed E-state index contributed by atoms with van der Waals surface area (Å²) >= 11 is 0. The summed E-state index contributed by atoms with van der Waals surface area (Å²) in [5, 5.41) is 3.35. The lowest BCUT2D eigenvalue weighted by Gasteiger charge is -2.19. The summed E-state index contributed by atoms with van der Waals surface area (Å²) in [7, 11) is 1.56. The van der Waals surface area contributed by atoms with Crippen molar-refractivity contribution >= 4 is 11.8 Å². The van der Waals surface area contributed by atoms with E-state index < -0.39 is 0 Å². The molecule has 1 aromatic rings. The van der Waals surface area contributed by atoms with Crippen LogP contribution in [0.1, 0.15) is 18.4 Å². The molecular formula is C16H21N3O2. The maximum Gasteiger partial charge on any atom is 0.246 e. The molecule has 0 spiro atoms. The normalized spacial score (nSPS) is 26.8. The number of rotatable bonds is 4. The topological polar surface area (TPSA) is 52.7 Å². The number of likely N-dealkylation sites (N-methyl/N-ethyl adjacent to an activating group) is 1. The number of imide groups is 1. The van der Waals surface area contributed by atoms with Gasteiger partial charge in [0.1, 0.15) is 0 Å². The lowest BCUT2D eigenvalue weighted by molar-refractivity contribution is -0.137. The first-order valence-corrected chi connectivity index (χ1v) is 7.46. The van der Waals surface area contributed by atoms with E-state index in [1.165, 1.54) is 10.5 Å². The summed E-state index contributed by atoms with van der Waals surface area (Å²) in [5.41, 5.74) is 1.31. The third-order valence-corrected chi connectivity index (χ3v) is 4.34. The molecule has 0 bridgehead atoms. The van der Waals surface area contributed by atoms with Gasteiger partial charge in [-0.3, -0.25) is 19.4 Å². The third-order valence-electron chi connectivity index (χ3n) is 4.34. The molecule has 2 amide bonds. The molecule has 112 valence electrons. The largest absolute Gasteiger partial charge is 0.301 e. The van der Waals surface area contributed by atoms with Crippen LogP contribution in [0, 0.1) is 0 Å². The quantitative estimate of drug-likeness (QED) is 0.824. The monoisotopic (exact) mass is 287 g/mol. The fourth-order valence-corrected chi connectivity index (χ4v) is 3.12. The summed E-state index contributed by atoms with van der Waals surface area (Å²) in [6, 6.07) is 10.4. The standard InChI is InChI=1S/C16H21N3O2/c1-18-15(20)9-14(16(18)21)17-13-7-8-19(11-13)10-12-5-3-2-4-6-12/h2-6,13-14,17H,7-11H2,1H3. The number of nitrogens with zero attached hydrogens (tertiary/aromatic N) is 2. The van der Waals surface area contributed by atoms with Gasteiger partial charge in [0.2, 0.25) is 11.8 Å². The molecule has 0 radical (unpaired) electrons. The second kappa shape index (κ2) is 5.95. The lowest BCUT2D eigenvalue weighted by Crippen LogP contribution is -2.44. The van der Waals surface area contributed by atoms with Crippen LogP contribution < -0.4 is 5.32 Å². The van der Waals surface area contributed by atoms with E-state index >= 15 is 0 Å². The molecule has 21 heavy (non-hydrogen) atoms. The second-order valence-corrected chi connectivity index (χ2v) is 5.92. The number of benzene rings is 1. The van der Waals surface area contributed by atoms with Gasteiger partial charge in [-0.15, -0.1) is 0 Å². The number of hydrogen-bond donors (Lipinski definition) is 1. The van der Waals surface area contributed by atoms with E-state index in [-0.39, 0.29) is 17.9 Å². The fourth-order valence-electron chi connectivity index (χ4n) is 3.12. The SMILES string of the molecule is CN1C(=O)CC(NC2CCN(Cc3ccccc3)C2)C1=O. The average molecular weight is 287 g/mol. The van der Waals surface area contributed by atoms with Gasteiger partial charge >= 0.3 is 0 Å². The second-order valence-electron chi connectivity index (χ2n) is 5.92. The Hall–Kier alpha value is -1.72. The van der Waals surface area contributed by atoms with Crippen LogP contribution in [0.4, 0.5) is 0 Å². The molecule has 0 saturated carbocycles. The van der Waals surface area contributed by atoms with Crippen molar-refractivity contribution in [3.8, 4) is 0 Å². The van der Waals surface area contributed by atoms with Gasteiger partial charge in [0.15, 0.2) is 0 Å². The maximum absolute atomic E-state index is 11.9. The number of likely N-dealkylation sites (tertiary alicyclic amines) is 2. The third kappa shape index (κ3) is 3.14. The minimum Gasteiger partial charge on any atom is -0.301 e. The minimum atomic E-state index is -0.329. The first kappa shape index (κ1) is 14.2. The molecule has 2 atom stereocenters. The van der Waals surface area contributed by atoms with Gasteiger partial charge in [-0.1, -0.05) is 30.3 Å². The zero-order chi connectivity index (χ0) is 14.8. The van der Waals surface area contributed by atoms with E-state index in [0.717, 1.165) is 26.1 Å². The smallest absolute Gasteiger partial charge is 0.246 e. The van der Waals surface area contributed by atoms with Gasteiger partial charge in [0, 0.05) is 32.7 Å². The molecule has 2 heterocycles. The van der Waals surface area contributed by atoms with E-state index in [9.17, 15) is 9.59 Å². The zero-order valence-corrected chi connectivity index (χ0v) is 12.3. The van der Waals surface area contributed by atoms with Crippen molar-refractivity contribution < 1.29 is 9.59 Å². The fraction of sp³-hybridized carbons (Fsp3) is 0.500. The highest BCUT2D eigenvalue weighted by atomic mass is 16.2. The molecule has 2 aliphatic heterocycles. The van der Waals surface area contributed by atoms with Gasteiger partial charge in [-0.25, -0.2) is 0 Å². The van der Waals surface area contributed by atoms with Crippen molar-refractivity contribution in [2.24, 2.45) is 0 Å². The number of amides is 2. The summed E-state index contributed by atoms with van der Waals surface area (Å²) in [6.07, 6.45) is 1.32. The Morgan fingerprint density at radius 1 is 1.24 bits per heavy atom. The van der Waals surface area contributed by atoms with E-state index in [1.54, 1.807) is 7.05 Å². The van der Waals surface area contributed by atoms with Crippen LogP contribution in [0.2, 0.25) is 0 Å². The minimum absolute atomic E-state index is 0.0864. The Balaban J connectivity index is 1.51. The highest BCUT2D eigenvalue weighted by Gasteiger charge is 2.38. The molecule has 2 saturated heterocycles. The van der Waals surface area contributed by atoms with Gasteiger partial charge in [0.25, 0.3) is 0 Å². The number of carbonyl (C=O) groups is 2. The summed E-state index contributed by atoms with van der Waals surface area (Å²) in [4.78, 5) is 27.1. The van der Waals surface area contributed by atoms with Crippen LogP contribution >= 0.6 is 0 Å². The maximum atomic E-state index is 11.9. The first-order valence-electron chi connectivity index (χ1n) is 7.46. The highest BCUT2D eigenvalue weighted by Crippen LogP contribution is 2.17. The van der Waals surface area contributed by atoms with Gasteiger partial charge in [-0.2, -0.15) is 0 Å². The Bertz CT molecular complexity index is 532. The molecule has 0 aliphatic carbocycles. The highest BCUT2D eigenvalue weighted by molar-refractivity contribution is 6.05. The van der Waals surface area contributed by atoms with Crippen LogP contribution in [0.5, 0.6) is 0 Å². The van der Waals surface area contributed by atoms with Crippen molar-refractivity contribution in [1.29, 1.82) is 0 Å². The van der Waals surface area contributed by atoms with Crippen molar-refractivity contribution in [2.75, 3.05) is 20.1 Å². The Morgan fingerprint density at radius 2 is 2.00 bits per heavy atom. The van der Waals surface area contributed by atoms with Crippen LogP contribution in [0.15, 0.2) is 30.3 Å². The van der Waals surface area contributed by atoms with Crippen molar-refractivity contribution in [1.82, 2.24) is 15.1 Å². The molecule has 0 aromatic heterocycles. The van der Waals surface area contributed by atoms with E-state index in [1.807, 2.05) is 6.07 Å². The zero-order valence-electron chi connectivity index (χ0n) is 12.3. The molecule has 2 fully saturated rings. The molecular weight excluding hydrogens is 266 g/mol. The molecule has 1 N–H and O–H groups in total. The molecule has 1 aromatic carbocycles. The summed E-state index contributed by atoms with van der Waals surface area (Å²) < 4.78 is 0. The van der Waals surface area contributed by atoms with Crippen LogP contribution in [-0.2, 0) is 16.1 Å². The number of hydrogen-bond acceptors (Lipinski definition) is 4.